The zero-order chi connectivity index (χ0) is 18.5. The summed E-state index contributed by atoms with van der Waals surface area (Å²) in [5.74, 6) is 1.55. The monoisotopic (exact) mass is 349 g/mol. The normalized spacial score (nSPS) is 12.5. The van der Waals surface area contributed by atoms with Gasteiger partial charge in [0.15, 0.2) is 0 Å². The molecule has 1 heterocycles. The number of hydrogen-bond donors (Lipinski definition) is 2. The Morgan fingerprint density at radius 2 is 1.81 bits per heavy atom. The molecular weight excluding hydrogens is 322 g/mol. The highest BCUT2D eigenvalue weighted by atomic mass is 16.1. The van der Waals surface area contributed by atoms with Crippen LogP contribution in [-0.2, 0) is 17.6 Å². The number of carbonyl (C=O) groups is 1. The number of nitrogens with one attached hydrogen (secondary N) is 2. The SMILES string of the molecule is CC(C)Cc1ccc(C(C)NC(=O)CCc2nc3ccccc3[nH]2)cc1. The summed E-state index contributed by atoms with van der Waals surface area (Å²) in [4.78, 5) is 20.1. The summed E-state index contributed by atoms with van der Waals surface area (Å²) >= 11 is 0. The molecule has 3 rings (SSSR count). The van der Waals surface area contributed by atoms with Gasteiger partial charge in [-0.15, -0.1) is 0 Å². The van der Waals surface area contributed by atoms with E-state index in [0.717, 1.165) is 28.8 Å². The van der Waals surface area contributed by atoms with Gasteiger partial charge in [-0.2, -0.15) is 0 Å². The zero-order valence-corrected chi connectivity index (χ0v) is 15.8. The molecule has 0 fully saturated rings. The van der Waals surface area contributed by atoms with E-state index in [1.807, 2.05) is 31.2 Å². The summed E-state index contributed by atoms with van der Waals surface area (Å²) in [5.41, 5.74) is 4.43. The molecule has 4 heteroatoms. The van der Waals surface area contributed by atoms with E-state index in [-0.39, 0.29) is 11.9 Å². The van der Waals surface area contributed by atoms with Crippen LogP contribution < -0.4 is 5.32 Å². The van der Waals surface area contributed by atoms with Gasteiger partial charge in [0.1, 0.15) is 5.82 Å². The van der Waals surface area contributed by atoms with Gasteiger partial charge >= 0.3 is 0 Å². The Kier molecular flexibility index (Phi) is 5.71. The van der Waals surface area contributed by atoms with Crippen LogP contribution in [0.25, 0.3) is 11.0 Å². The van der Waals surface area contributed by atoms with E-state index in [1.54, 1.807) is 0 Å². The maximum atomic E-state index is 12.3. The van der Waals surface area contributed by atoms with E-state index in [1.165, 1.54) is 5.56 Å². The van der Waals surface area contributed by atoms with Crippen LogP contribution in [0, 0.1) is 5.92 Å². The Morgan fingerprint density at radius 1 is 1.08 bits per heavy atom. The lowest BCUT2D eigenvalue weighted by Gasteiger charge is -2.15. The summed E-state index contributed by atoms with van der Waals surface area (Å²) < 4.78 is 0. The second kappa shape index (κ2) is 8.17. The van der Waals surface area contributed by atoms with Crippen LogP contribution in [0.15, 0.2) is 48.5 Å². The predicted molar refractivity (Wildman–Crippen MR) is 106 cm³/mol. The highest BCUT2D eigenvalue weighted by Gasteiger charge is 2.11. The first-order chi connectivity index (χ1) is 12.5. The molecule has 0 saturated carbocycles. The molecule has 0 aliphatic rings. The van der Waals surface area contributed by atoms with Crippen LogP contribution in [0.4, 0.5) is 0 Å². The Balaban J connectivity index is 1.52. The molecule has 0 bridgehead atoms. The maximum absolute atomic E-state index is 12.3. The van der Waals surface area contributed by atoms with E-state index in [2.05, 4.69) is 53.4 Å². The molecule has 3 aromatic rings. The number of nitrogens with zero attached hydrogens (tertiary/aromatic N) is 1. The second-order valence-corrected chi connectivity index (χ2v) is 7.33. The van der Waals surface area contributed by atoms with Crippen LogP contribution in [-0.4, -0.2) is 15.9 Å². The number of amides is 1. The molecular formula is C22H27N3O. The summed E-state index contributed by atoms with van der Waals surface area (Å²) in [7, 11) is 0. The molecule has 0 aliphatic carbocycles. The molecule has 0 saturated heterocycles. The largest absolute Gasteiger partial charge is 0.350 e. The molecule has 0 spiro atoms. The minimum absolute atomic E-state index is 0.00581. The first-order valence-electron chi connectivity index (χ1n) is 9.33. The van der Waals surface area contributed by atoms with Gasteiger partial charge in [0.25, 0.3) is 0 Å². The van der Waals surface area contributed by atoms with Gasteiger partial charge in [-0.25, -0.2) is 4.98 Å². The van der Waals surface area contributed by atoms with Crippen molar-refractivity contribution >= 4 is 16.9 Å². The van der Waals surface area contributed by atoms with E-state index in [4.69, 9.17) is 0 Å². The van der Waals surface area contributed by atoms with E-state index in [9.17, 15) is 4.79 Å². The number of para-hydroxylation sites is 2. The zero-order valence-electron chi connectivity index (χ0n) is 15.8. The first-order valence-corrected chi connectivity index (χ1v) is 9.33. The summed E-state index contributed by atoms with van der Waals surface area (Å²) in [6, 6.07) is 16.5. The number of H-pyrrole nitrogens is 1. The Bertz CT molecular complexity index is 831. The van der Waals surface area contributed by atoms with Gasteiger partial charge in [-0.3, -0.25) is 4.79 Å². The standard InChI is InChI=1S/C22H27N3O/c1-15(2)14-17-8-10-18(11-9-17)16(3)23-22(26)13-12-21-24-19-6-4-5-7-20(19)25-21/h4-11,15-16H,12-14H2,1-3H3,(H,23,26)(H,24,25). The molecule has 1 amide bonds. The third-order valence-electron chi connectivity index (χ3n) is 4.53. The van der Waals surface area contributed by atoms with Crippen LogP contribution in [0.2, 0.25) is 0 Å². The first kappa shape index (κ1) is 18.2. The topological polar surface area (TPSA) is 57.8 Å². The number of fused-ring (bicyclic) bond motifs is 1. The lowest BCUT2D eigenvalue weighted by atomic mass is 10.00. The fourth-order valence-electron chi connectivity index (χ4n) is 3.17. The average Bonchev–Trinajstić information content (AvgIpc) is 3.03. The Labute approximate surface area is 155 Å². The molecule has 1 aromatic heterocycles. The van der Waals surface area contributed by atoms with Crippen LogP contribution in [0.1, 0.15) is 50.2 Å². The van der Waals surface area contributed by atoms with Crippen molar-refractivity contribution in [1.29, 1.82) is 0 Å². The van der Waals surface area contributed by atoms with Gasteiger partial charge in [0, 0.05) is 12.8 Å². The van der Waals surface area contributed by atoms with Crippen LogP contribution >= 0.6 is 0 Å². The molecule has 26 heavy (non-hydrogen) atoms. The Morgan fingerprint density at radius 3 is 2.50 bits per heavy atom. The molecule has 0 aliphatic heterocycles. The molecule has 1 unspecified atom stereocenters. The maximum Gasteiger partial charge on any atom is 0.220 e. The number of imidazole rings is 1. The molecule has 136 valence electrons. The van der Waals surface area contributed by atoms with Gasteiger partial charge in [-0.05, 0) is 42.5 Å². The van der Waals surface area contributed by atoms with Crippen molar-refractivity contribution in [1.82, 2.24) is 15.3 Å². The minimum atomic E-state index is 0.00581. The molecule has 2 N–H and O–H groups in total. The van der Waals surface area contributed by atoms with Crippen molar-refractivity contribution in [3.8, 4) is 0 Å². The fourth-order valence-corrected chi connectivity index (χ4v) is 3.17. The van der Waals surface area contributed by atoms with E-state index >= 15 is 0 Å². The average molecular weight is 349 g/mol. The van der Waals surface area contributed by atoms with Crippen molar-refractivity contribution in [3.63, 3.8) is 0 Å². The lowest BCUT2D eigenvalue weighted by Crippen LogP contribution is -2.26. The van der Waals surface area contributed by atoms with Crippen LogP contribution in [0.5, 0.6) is 0 Å². The molecule has 2 aromatic carbocycles. The van der Waals surface area contributed by atoms with Gasteiger partial charge < -0.3 is 10.3 Å². The van der Waals surface area contributed by atoms with Gasteiger partial charge in [0.2, 0.25) is 5.91 Å². The van der Waals surface area contributed by atoms with E-state index < -0.39 is 0 Å². The van der Waals surface area contributed by atoms with Gasteiger partial charge in [0.05, 0.1) is 17.1 Å². The van der Waals surface area contributed by atoms with Crippen LogP contribution in [0.3, 0.4) is 0 Å². The smallest absolute Gasteiger partial charge is 0.220 e. The molecule has 1 atom stereocenters. The highest BCUT2D eigenvalue weighted by molar-refractivity contribution is 5.77. The number of aryl methyl sites for hydroxylation is 1. The number of rotatable bonds is 7. The lowest BCUT2D eigenvalue weighted by molar-refractivity contribution is -0.121. The number of hydrogen-bond acceptors (Lipinski definition) is 2. The quantitative estimate of drug-likeness (QED) is 0.656. The Hall–Kier alpha value is -2.62. The van der Waals surface area contributed by atoms with Crippen molar-refractivity contribution < 1.29 is 4.79 Å². The second-order valence-electron chi connectivity index (χ2n) is 7.33. The van der Waals surface area contributed by atoms with Crippen molar-refractivity contribution in [2.75, 3.05) is 0 Å². The fraction of sp³-hybridized carbons (Fsp3) is 0.364. The molecule has 4 nitrogen and oxygen atoms in total. The third-order valence-corrected chi connectivity index (χ3v) is 4.53. The molecule has 0 radical (unpaired) electrons. The summed E-state index contributed by atoms with van der Waals surface area (Å²) in [6.07, 6.45) is 2.12. The van der Waals surface area contributed by atoms with E-state index in [0.29, 0.717) is 18.8 Å². The summed E-state index contributed by atoms with van der Waals surface area (Å²) in [6.45, 7) is 6.47. The number of aromatic nitrogens is 2. The summed E-state index contributed by atoms with van der Waals surface area (Å²) in [5, 5.41) is 3.08. The van der Waals surface area contributed by atoms with Crippen molar-refractivity contribution in [3.05, 3.63) is 65.5 Å². The van der Waals surface area contributed by atoms with Gasteiger partial charge in [-0.1, -0.05) is 50.2 Å². The number of carbonyl (C=O) groups excluding carboxylic acids is 1. The van der Waals surface area contributed by atoms with Crippen molar-refractivity contribution in [2.24, 2.45) is 5.92 Å². The van der Waals surface area contributed by atoms with Crippen molar-refractivity contribution in [2.45, 2.75) is 46.1 Å². The number of aromatic amines is 1. The minimum Gasteiger partial charge on any atom is -0.350 e. The number of benzene rings is 2. The third kappa shape index (κ3) is 4.72. The predicted octanol–water partition coefficient (Wildman–Crippen LogP) is 4.57. The highest BCUT2D eigenvalue weighted by Crippen LogP contribution is 2.16.